The van der Waals surface area contributed by atoms with Gasteiger partial charge in [-0.15, -0.1) is 5.10 Å². The zero-order chi connectivity index (χ0) is 15.1. The van der Waals surface area contributed by atoms with E-state index >= 15 is 0 Å². The number of rotatable bonds is 1. The Hall–Kier alpha value is -2.02. The van der Waals surface area contributed by atoms with Crippen LogP contribution in [-0.2, 0) is 0 Å². The maximum atomic E-state index is 12.7. The average molecular weight is 300 g/mol. The minimum atomic E-state index is -0.0740. The van der Waals surface area contributed by atoms with Crippen molar-refractivity contribution < 1.29 is 4.79 Å². The Kier molecular flexibility index (Phi) is 3.29. The normalized spacial score (nSPS) is 22.8. The molecule has 0 aromatic carbocycles. The zero-order valence-electron chi connectivity index (χ0n) is 12.8. The van der Waals surface area contributed by atoms with E-state index in [1.165, 1.54) is 25.8 Å². The summed E-state index contributed by atoms with van der Waals surface area (Å²) in [6.45, 7) is 5.61. The van der Waals surface area contributed by atoms with Crippen molar-refractivity contribution in [1.82, 2.24) is 29.4 Å². The van der Waals surface area contributed by atoms with E-state index in [4.69, 9.17) is 0 Å². The standard InChI is InChI=1S/C15H20N6O/c1-11-5-6-16-15-17-13(18-21(11)15)14(22)20-9-8-19-7-3-2-4-12(19)10-20/h5-6,12H,2-4,7-10H2,1H3/t12-/m0/s1. The maximum Gasteiger partial charge on any atom is 0.293 e. The van der Waals surface area contributed by atoms with Crippen LogP contribution in [0.4, 0.5) is 0 Å². The van der Waals surface area contributed by atoms with Crippen molar-refractivity contribution in [2.24, 2.45) is 0 Å². The number of piperidine rings is 1. The summed E-state index contributed by atoms with van der Waals surface area (Å²) in [4.78, 5) is 25.6. The largest absolute Gasteiger partial charge is 0.333 e. The lowest BCUT2D eigenvalue weighted by atomic mass is 9.99. The van der Waals surface area contributed by atoms with Gasteiger partial charge >= 0.3 is 0 Å². The summed E-state index contributed by atoms with van der Waals surface area (Å²) in [5, 5.41) is 4.33. The highest BCUT2D eigenvalue weighted by Crippen LogP contribution is 2.21. The smallest absolute Gasteiger partial charge is 0.293 e. The molecule has 116 valence electrons. The molecule has 4 heterocycles. The molecule has 2 saturated heterocycles. The molecule has 0 N–H and O–H groups in total. The fourth-order valence-corrected chi connectivity index (χ4v) is 3.48. The molecular formula is C15H20N6O. The van der Waals surface area contributed by atoms with Crippen LogP contribution in [0.15, 0.2) is 12.3 Å². The Balaban J connectivity index is 1.56. The van der Waals surface area contributed by atoms with E-state index in [0.717, 1.165) is 25.3 Å². The predicted octanol–water partition coefficient (Wildman–Crippen LogP) is 0.743. The lowest BCUT2D eigenvalue weighted by molar-refractivity contribution is 0.0364. The number of aryl methyl sites for hydroxylation is 1. The average Bonchev–Trinajstić information content (AvgIpc) is 2.99. The van der Waals surface area contributed by atoms with Crippen molar-refractivity contribution >= 4 is 11.7 Å². The zero-order valence-corrected chi connectivity index (χ0v) is 12.8. The number of carbonyl (C=O) groups excluding carboxylic acids is 1. The van der Waals surface area contributed by atoms with Crippen LogP contribution in [0.3, 0.4) is 0 Å². The highest BCUT2D eigenvalue weighted by atomic mass is 16.2. The molecule has 0 unspecified atom stereocenters. The molecule has 2 fully saturated rings. The Morgan fingerprint density at radius 2 is 2.18 bits per heavy atom. The molecule has 0 spiro atoms. The number of hydrogen-bond acceptors (Lipinski definition) is 5. The van der Waals surface area contributed by atoms with Gasteiger partial charge in [0.2, 0.25) is 5.82 Å². The van der Waals surface area contributed by atoms with Gasteiger partial charge in [-0.05, 0) is 32.4 Å². The second-order valence-corrected chi connectivity index (χ2v) is 6.17. The molecule has 22 heavy (non-hydrogen) atoms. The maximum absolute atomic E-state index is 12.7. The molecule has 2 aromatic rings. The summed E-state index contributed by atoms with van der Waals surface area (Å²) in [7, 11) is 0. The number of aromatic nitrogens is 4. The Morgan fingerprint density at radius 3 is 3.05 bits per heavy atom. The summed E-state index contributed by atoms with van der Waals surface area (Å²) in [5.41, 5.74) is 0.925. The molecule has 2 aliphatic heterocycles. The molecule has 0 saturated carbocycles. The summed E-state index contributed by atoms with van der Waals surface area (Å²) in [5.74, 6) is 0.667. The summed E-state index contributed by atoms with van der Waals surface area (Å²) in [6.07, 6.45) is 5.42. The van der Waals surface area contributed by atoms with Crippen LogP contribution >= 0.6 is 0 Å². The first-order valence-corrected chi connectivity index (χ1v) is 7.94. The van der Waals surface area contributed by atoms with Crippen LogP contribution in [0, 0.1) is 6.92 Å². The molecule has 7 nitrogen and oxygen atoms in total. The lowest BCUT2D eigenvalue weighted by Crippen LogP contribution is -2.56. The molecule has 1 atom stereocenters. The lowest BCUT2D eigenvalue weighted by Gasteiger charge is -2.43. The quantitative estimate of drug-likeness (QED) is 0.777. The van der Waals surface area contributed by atoms with Crippen LogP contribution in [0.2, 0.25) is 0 Å². The molecule has 0 bridgehead atoms. The number of nitrogens with zero attached hydrogens (tertiary/aromatic N) is 6. The third kappa shape index (κ3) is 2.25. The van der Waals surface area contributed by atoms with Crippen molar-refractivity contribution in [1.29, 1.82) is 0 Å². The number of fused-ring (bicyclic) bond motifs is 2. The molecule has 2 aliphatic rings. The molecule has 0 aliphatic carbocycles. The SMILES string of the molecule is Cc1ccnc2nc(C(=O)N3CCN4CCCC[C@H]4C3)nn12. The number of hydrogen-bond donors (Lipinski definition) is 0. The van der Waals surface area contributed by atoms with Gasteiger partial charge in [-0.25, -0.2) is 9.50 Å². The van der Waals surface area contributed by atoms with E-state index in [1.807, 2.05) is 17.9 Å². The Bertz CT molecular complexity index is 711. The summed E-state index contributed by atoms with van der Waals surface area (Å²) < 4.78 is 1.63. The number of carbonyl (C=O) groups is 1. The van der Waals surface area contributed by atoms with Crippen molar-refractivity contribution in [3.63, 3.8) is 0 Å². The van der Waals surface area contributed by atoms with Gasteiger partial charge < -0.3 is 4.90 Å². The van der Waals surface area contributed by atoms with E-state index in [2.05, 4.69) is 20.0 Å². The molecule has 0 radical (unpaired) electrons. The highest BCUT2D eigenvalue weighted by molar-refractivity contribution is 5.91. The van der Waals surface area contributed by atoms with Crippen LogP contribution in [0.5, 0.6) is 0 Å². The van der Waals surface area contributed by atoms with E-state index in [-0.39, 0.29) is 11.7 Å². The molecule has 1 amide bonds. The second kappa shape index (κ2) is 5.31. The first-order chi connectivity index (χ1) is 10.7. The minimum absolute atomic E-state index is 0.0740. The van der Waals surface area contributed by atoms with Crippen LogP contribution < -0.4 is 0 Å². The van der Waals surface area contributed by atoms with E-state index in [0.29, 0.717) is 11.8 Å². The van der Waals surface area contributed by atoms with Gasteiger partial charge in [0.05, 0.1) is 0 Å². The van der Waals surface area contributed by atoms with Crippen molar-refractivity contribution in [2.75, 3.05) is 26.2 Å². The van der Waals surface area contributed by atoms with Crippen molar-refractivity contribution in [2.45, 2.75) is 32.2 Å². The van der Waals surface area contributed by atoms with Gasteiger partial charge in [0.25, 0.3) is 11.7 Å². The molecule has 7 heteroatoms. The third-order valence-corrected chi connectivity index (χ3v) is 4.75. The summed E-state index contributed by atoms with van der Waals surface area (Å²) >= 11 is 0. The predicted molar refractivity (Wildman–Crippen MR) is 80.6 cm³/mol. The fraction of sp³-hybridized carbons (Fsp3) is 0.600. The van der Waals surface area contributed by atoms with Gasteiger partial charge in [-0.2, -0.15) is 4.98 Å². The van der Waals surface area contributed by atoms with Gasteiger partial charge in [0.15, 0.2) is 0 Å². The van der Waals surface area contributed by atoms with Crippen LogP contribution in [0.1, 0.15) is 35.6 Å². The topological polar surface area (TPSA) is 66.6 Å². The Labute approximate surface area is 128 Å². The minimum Gasteiger partial charge on any atom is -0.333 e. The van der Waals surface area contributed by atoms with Gasteiger partial charge in [-0.1, -0.05) is 6.42 Å². The van der Waals surface area contributed by atoms with Crippen molar-refractivity contribution in [3.8, 4) is 0 Å². The van der Waals surface area contributed by atoms with Crippen molar-refractivity contribution in [3.05, 3.63) is 23.8 Å². The first-order valence-electron chi connectivity index (χ1n) is 7.94. The molecular weight excluding hydrogens is 280 g/mol. The number of amides is 1. The first kappa shape index (κ1) is 13.6. The van der Waals surface area contributed by atoms with E-state index < -0.39 is 0 Å². The molecule has 2 aromatic heterocycles. The van der Waals surface area contributed by atoms with Crippen LogP contribution in [0.25, 0.3) is 5.78 Å². The van der Waals surface area contributed by atoms with E-state index in [1.54, 1.807) is 10.7 Å². The molecule has 4 rings (SSSR count). The Morgan fingerprint density at radius 1 is 1.27 bits per heavy atom. The second-order valence-electron chi connectivity index (χ2n) is 6.17. The van der Waals surface area contributed by atoms with Gasteiger partial charge in [-0.3, -0.25) is 9.69 Å². The monoisotopic (exact) mass is 300 g/mol. The third-order valence-electron chi connectivity index (χ3n) is 4.75. The van der Waals surface area contributed by atoms with E-state index in [9.17, 15) is 4.79 Å². The fourth-order valence-electron chi connectivity index (χ4n) is 3.48. The number of piperazine rings is 1. The summed E-state index contributed by atoms with van der Waals surface area (Å²) in [6, 6.07) is 2.36. The highest BCUT2D eigenvalue weighted by Gasteiger charge is 2.32. The van der Waals surface area contributed by atoms with Gasteiger partial charge in [0, 0.05) is 37.6 Å². The van der Waals surface area contributed by atoms with Gasteiger partial charge in [0.1, 0.15) is 0 Å². The van der Waals surface area contributed by atoms with Crippen LogP contribution in [-0.4, -0.2) is 67.5 Å².